The molecule has 0 unspecified atom stereocenters. The Morgan fingerprint density at radius 2 is 1.95 bits per heavy atom. The van der Waals surface area contributed by atoms with Gasteiger partial charge in [-0.3, -0.25) is 14.4 Å². The van der Waals surface area contributed by atoms with E-state index < -0.39 is 0 Å². The Morgan fingerprint density at radius 3 is 2.76 bits per heavy atom. The van der Waals surface area contributed by atoms with Crippen molar-refractivity contribution in [3.8, 4) is 22.6 Å². The summed E-state index contributed by atoms with van der Waals surface area (Å²) >= 11 is 0. The third kappa shape index (κ3) is 6.04. The number of benzene rings is 1. The van der Waals surface area contributed by atoms with Gasteiger partial charge in [0.05, 0.1) is 40.2 Å². The van der Waals surface area contributed by atoms with Crippen LogP contribution in [0.3, 0.4) is 0 Å². The molecule has 0 atom stereocenters. The lowest BCUT2D eigenvalue weighted by molar-refractivity contribution is -0.116. The molecule has 0 saturated carbocycles. The first kappa shape index (κ1) is 25.5. The van der Waals surface area contributed by atoms with Crippen LogP contribution in [0.1, 0.15) is 11.1 Å². The van der Waals surface area contributed by atoms with Crippen LogP contribution >= 0.6 is 0 Å². The van der Waals surface area contributed by atoms with Crippen LogP contribution in [0, 0.1) is 0 Å². The molecule has 5 rings (SSSR count). The summed E-state index contributed by atoms with van der Waals surface area (Å²) in [7, 11) is 3.18. The molecular formula is C28H32N6O4. The maximum atomic E-state index is 12.5. The zero-order chi connectivity index (χ0) is 26.3. The molecular weight excluding hydrogens is 484 g/mol. The normalized spacial score (nSPS) is 14.3. The number of pyridine rings is 1. The highest BCUT2D eigenvalue weighted by Crippen LogP contribution is 2.28. The molecule has 10 heteroatoms. The third-order valence-electron chi connectivity index (χ3n) is 6.61. The zero-order valence-electron chi connectivity index (χ0n) is 21.6. The number of ether oxygens (including phenoxy) is 3. The summed E-state index contributed by atoms with van der Waals surface area (Å²) in [5.41, 5.74) is 4.54. The smallest absolute Gasteiger partial charge is 0.244 e. The van der Waals surface area contributed by atoms with Crippen LogP contribution in [-0.2, 0) is 22.6 Å². The van der Waals surface area contributed by atoms with Gasteiger partial charge in [-0.2, -0.15) is 5.10 Å². The van der Waals surface area contributed by atoms with Gasteiger partial charge in [0, 0.05) is 72.9 Å². The van der Waals surface area contributed by atoms with E-state index in [-0.39, 0.29) is 5.91 Å². The molecule has 1 aliphatic heterocycles. The van der Waals surface area contributed by atoms with Crippen molar-refractivity contribution in [2.24, 2.45) is 0 Å². The molecule has 0 bridgehead atoms. The molecule has 3 aromatic heterocycles. The van der Waals surface area contributed by atoms with Crippen molar-refractivity contribution in [1.82, 2.24) is 30.0 Å². The predicted octanol–water partition coefficient (Wildman–Crippen LogP) is 3.11. The largest absolute Gasteiger partial charge is 0.493 e. The van der Waals surface area contributed by atoms with Crippen LogP contribution < -0.4 is 14.8 Å². The van der Waals surface area contributed by atoms with E-state index in [1.807, 2.05) is 47.7 Å². The van der Waals surface area contributed by atoms with Crippen LogP contribution in [0.2, 0.25) is 0 Å². The number of carbonyl (C=O) groups is 1. The quantitative estimate of drug-likeness (QED) is 0.312. The minimum Gasteiger partial charge on any atom is -0.493 e. The highest BCUT2D eigenvalue weighted by Gasteiger charge is 2.12. The fraction of sp³-hybridized carbons (Fsp3) is 0.321. The summed E-state index contributed by atoms with van der Waals surface area (Å²) in [4.78, 5) is 22.6. The maximum Gasteiger partial charge on any atom is 0.244 e. The number of amides is 1. The van der Waals surface area contributed by atoms with Crippen LogP contribution in [0.4, 0.5) is 0 Å². The third-order valence-corrected chi connectivity index (χ3v) is 6.61. The number of aromatic nitrogens is 4. The van der Waals surface area contributed by atoms with E-state index in [1.54, 1.807) is 20.3 Å². The standard InChI is InChI=1S/C28H32N6O4/c1-36-25-5-3-20(13-26(25)37-2)15-29-27(35)6-4-21-16-30-28-24(21)14-22(17-31-28)23-18-32-34(19-23)8-7-33-9-11-38-12-10-33/h3-6,13-14,16-19H,7-12,15H2,1-2H3,(H,29,35)(H,30,31)/b6-4+. The van der Waals surface area contributed by atoms with Crippen molar-refractivity contribution in [2.75, 3.05) is 47.1 Å². The molecule has 10 nitrogen and oxygen atoms in total. The average Bonchev–Trinajstić information content (AvgIpc) is 3.61. The van der Waals surface area contributed by atoms with Crippen LogP contribution in [-0.4, -0.2) is 77.6 Å². The Morgan fingerprint density at radius 1 is 1.11 bits per heavy atom. The zero-order valence-corrected chi connectivity index (χ0v) is 21.6. The van der Waals surface area contributed by atoms with Gasteiger partial charge in [-0.25, -0.2) is 4.98 Å². The first-order valence-electron chi connectivity index (χ1n) is 12.6. The molecule has 1 aliphatic rings. The van der Waals surface area contributed by atoms with Crippen molar-refractivity contribution < 1.29 is 19.0 Å². The monoisotopic (exact) mass is 516 g/mol. The molecule has 1 fully saturated rings. The summed E-state index contributed by atoms with van der Waals surface area (Å²) in [6.45, 7) is 5.67. The lowest BCUT2D eigenvalue weighted by Gasteiger charge is -2.26. The van der Waals surface area contributed by atoms with Gasteiger partial charge >= 0.3 is 0 Å². The lowest BCUT2D eigenvalue weighted by Crippen LogP contribution is -2.38. The van der Waals surface area contributed by atoms with Crippen molar-refractivity contribution in [3.05, 3.63) is 66.3 Å². The Balaban J connectivity index is 1.22. The lowest BCUT2D eigenvalue weighted by atomic mass is 10.1. The Kier molecular flexibility index (Phi) is 8.01. The molecule has 38 heavy (non-hydrogen) atoms. The second kappa shape index (κ2) is 11.9. The fourth-order valence-corrected chi connectivity index (χ4v) is 4.43. The second-order valence-corrected chi connectivity index (χ2v) is 9.05. The molecule has 1 saturated heterocycles. The van der Waals surface area contributed by atoms with E-state index in [2.05, 4.69) is 31.3 Å². The maximum absolute atomic E-state index is 12.5. The van der Waals surface area contributed by atoms with E-state index in [9.17, 15) is 4.79 Å². The number of nitrogens with zero attached hydrogens (tertiary/aromatic N) is 4. The summed E-state index contributed by atoms with van der Waals surface area (Å²) in [5, 5.41) is 8.38. The number of fused-ring (bicyclic) bond motifs is 1. The van der Waals surface area contributed by atoms with Gasteiger partial charge in [-0.15, -0.1) is 0 Å². The molecule has 198 valence electrons. The predicted molar refractivity (Wildman–Crippen MR) is 145 cm³/mol. The molecule has 4 aromatic rings. The van der Waals surface area contributed by atoms with E-state index in [1.165, 1.54) is 6.08 Å². The van der Waals surface area contributed by atoms with Crippen molar-refractivity contribution in [1.29, 1.82) is 0 Å². The average molecular weight is 517 g/mol. The van der Waals surface area contributed by atoms with Gasteiger partial charge in [-0.1, -0.05) is 6.07 Å². The van der Waals surface area contributed by atoms with Crippen LogP contribution in [0.25, 0.3) is 28.2 Å². The van der Waals surface area contributed by atoms with Crippen molar-refractivity contribution in [2.45, 2.75) is 13.1 Å². The molecule has 0 aliphatic carbocycles. The Bertz CT molecular complexity index is 1420. The highest BCUT2D eigenvalue weighted by molar-refractivity contribution is 5.96. The molecule has 2 N–H and O–H groups in total. The first-order chi connectivity index (χ1) is 18.6. The van der Waals surface area contributed by atoms with E-state index in [0.717, 1.165) is 72.7 Å². The Labute approximate surface area is 221 Å². The number of hydrogen-bond acceptors (Lipinski definition) is 7. The molecule has 1 amide bonds. The molecule has 0 radical (unpaired) electrons. The fourth-order valence-electron chi connectivity index (χ4n) is 4.43. The Hall–Kier alpha value is -4.15. The van der Waals surface area contributed by atoms with Gasteiger partial charge in [0.1, 0.15) is 5.65 Å². The number of H-pyrrole nitrogens is 1. The number of rotatable bonds is 10. The summed E-state index contributed by atoms with van der Waals surface area (Å²) in [6.07, 6.45) is 10.9. The minimum absolute atomic E-state index is 0.195. The SMILES string of the molecule is COc1ccc(CNC(=O)/C=C/c2c[nH]c3ncc(-c4cnn(CCN5CCOCC5)c4)cc23)cc1OC. The highest BCUT2D eigenvalue weighted by atomic mass is 16.5. The molecule has 1 aromatic carbocycles. The van der Waals surface area contributed by atoms with Crippen LogP contribution in [0.5, 0.6) is 11.5 Å². The summed E-state index contributed by atoms with van der Waals surface area (Å²) in [6, 6.07) is 7.63. The number of aromatic amines is 1. The number of morpholine rings is 1. The van der Waals surface area contributed by atoms with Gasteiger partial charge in [0.2, 0.25) is 5.91 Å². The number of hydrogen-bond donors (Lipinski definition) is 2. The van der Waals surface area contributed by atoms with Gasteiger partial charge in [-0.05, 0) is 29.8 Å². The minimum atomic E-state index is -0.195. The summed E-state index contributed by atoms with van der Waals surface area (Å²) < 4.78 is 18.0. The van der Waals surface area contributed by atoms with Crippen LogP contribution in [0.15, 0.2) is 55.1 Å². The van der Waals surface area contributed by atoms with E-state index in [0.29, 0.717) is 18.0 Å². The second-order valence-electron chi connectivity index (χ2n) is 9.05. The topological polar surface area (TPSA) is 107 Å². The summed E-state index contributed by atoms with van der Waals surface area (Å²) in [5.74, 6) is 1.08. The van der Waals surface area contributed by atoms with Gasteiger partial charge < -0.3 is 24.5 Å². The van der Waals surface area contributed by atoms with Crippen molar-refractivity contribution >= 4 is 23.0 Å². The van der Waals surface area contributed by atoms with E-state index >= 15 is 0 Å². The molecule has 4 heterocycles. The molecule has 0 spiro atoms. The van der Waals surface area contributed by atoms with Gasteiger partial charge in [0.25, 0.3) is 0 Å². The van der Waals surface area contributed by atoms with Crippen molar-refractivity contribution in [3.63, 3.8) is 0 Å². The number of carbonyl (C=O) groups excluding carboxylic acids is 1. The number of methoxy groups -OCH3 is 2. The van der Waals surface area contributed by atoms with E-state index in [4.69, 9.17) is 14.2 Å². The van der Waals surface area contributed by atoms with Gasteiger partial charge in [0.15, 0.2) is 11.5 Å². The number of nitrogens with one attached hydrogen (secondary N) is 2. The first-order valence-corrected chi connectivity index (χ1v) is 12.6.